The van der Waals surface area contributed by atoms with Gasteiger partial charge in [-0.3, -0.25) is 9.59 Å². The molecule has 5 nitrogen and oxygen atoms in total. The average molecular weight is 347 g/mol. The van der Waals surface area contributed by atoms with Crippen LogP contribution >= 0.6 is 0 Å². The van der Waals surface area contributed by atoms with Gasteiger partial charge in [0.2, 0.25) is 0 Å². The molecule has 3 aromatic rings. The Kier molecular flexibility index (Phi) is 4.29. The molecular formula is C21H21N3O2. The molecule has 1 heterocycles. The van der Waals surface area contributed by atoms with Crippen LogP contribution in [0.2, 0.25) is 0 Å². The maximum Gasteiger partial charge on any atom is 0.258 e. The minimum atomic E-state index is -0.174. The zero-order chi connectivity index (χ0) is 18.1. The molecule has 0 aliphatic heterocycles. The van der Waals surface area contributed by atoms with E-state index >= 15 is 0 Å². The summed E-state index contributed by atoms with van der Waals surface area (Å²) in [6, 6.07) is 13.2. The van der Waals surface area contributed by atoms with Gasteiger partial charge < -0.3 is 9.88 Å². The van der Waals surface area contributed by atoms with Crippen molar-refractivity contribution in [1.82, 2.24) is 14.9 Å². The number of hydrogen-bond acceptors (Lipinski definition) is 3. The van der Waals surface area contributed by atoms with Crippen LogP contribution < -0.4 is 5.56 Å². The fourth-order valence-corrected chi connectivity index (χ4v) is 3.61. The zero-order valence-corrected chi connectivity index (χ0v) is 14.8. The Balaban J connectivity index is 1.61. The summed E-state index contributed by atoms with van der Waals surface area (Å²) in [7, 11) is 0. The normalized spacial score (nSPS) is 13.0. The van der Waals surface area contributed by atoms with Gasteiger partial charge in [-0.1, -0.05) is 18.2 Å². The molecule has 2 aromatic carbocycles. The third kappa shape index (κ3) is 3.01. The molecule has 0 radical (unpaired) electrons. The molecule has 0 saturated carbocycles. The summed E-state index contributed by atoms with van der Waals surface area (Å²) in [6.45, 7) is 2.77. The number of carbonyl (C=O) groups is 1. The van der Waals surface area contributed by atoms with E-state index in [0.717, 1.165) is 19.3 Å². The Labute approximate surface area is 151 Å². The molecule has 4 rings (SSSR count). The second kappa shape index (κ2) is 6.75. The fourth-order valence-electron chi connectivity index (χ4n) is 3.61. The number of benzene rings is 2. The van der Waals surface area contributed by atoms with Crippen molar-refractivity contribution in [2.45, 2.75) is 32.7 Å². The van der Waals surface area contributed by atoms with Gasteiger partial charge in [0.25, 0.3) is 11.5 Å². The summed E-state index contributed by atoms with van der Waals surface area (Å²) in [4.78, 5) is 34.2. The quantitative estimate of drug-likeness (QED) is 0.789. The molecule has 1 amide bonds. The van der Waals surface area contributed by atoms with Gasteiger partial charge in [-0.05, 0) is 61.6 Å². The molecule has 132 valence electrons. The van der Waals surface area contributed by atoms with Crippen LogP contribution in [0.1, 0.15) is 40.7 Å². The largest absolute Gasteiger partial charge is 0.331 e. The van der Waals surface area contributed by atoms with Gasteiger partial charge >= 0.3 is 0 Å². The van der Waals surface area contributed by atoms with Crippen molar-refractivity contribution in [3.63, 3.8) is 0 Å². The van der Waals surface area contributed by atoms with E-state index in [-0.39, 0.29) is 18.0 Å². The first-order valence-corrected chi connectivity index (χ1v) is 9.04. The van der Waals surface area contributed by atoms with Crippen LogP contribution in [0, 0.1) is 0 Å². The second-order valence-corrected chi connectivity index (χ2v) is 6.69. The van der Waals surface area contributed by atoms with Crippen molar-refractivity contribution in [3.8, 4) is 0 Å². The lowest BCUT2D eigenvalue weighted by molar-refractivity contribution is 0.0748. The van der Waals surface area contributed by atoms with Crippen molar-refractivity contribution in [2.24, 2.45) is 0 Å². The topological polar surface area (TPSA) is 66.1 Å². The molecule has 0 saturated heterocycles. The van der Waals surface area contributed by atoms with Gasteiger partial charge in [-0.25, -0.2) is 4.98 Å². The summed E-state index contributed by atoms with van der Waals surface area (Å²) < 4.78 is 0. The van der Waals surface area contributed by atoms with E-state index in [2.05, 4.69) is 16.0 Å². The molecule has 0 fully saturated rings. The summed E-state index contributed by atoms with van der Waals surface area (Å²) in [6.07, 6.45) is 3.30. The van der Waals surface area contributed by atoms with Crippen LogP contribution in [0.15, 0.2) is 47.3 Å². The number of aryl methyl sites for hydroxylation is 2. The predicted molar refractivity (Wildman–Crippen MR) is 101 cm³/mol. The van der Waals surface area contributed by atoms with E-state index < -0.39 is 0 Å². The van der Waals surface area contributed by atoms with Gasteiger partial charge in [0.1, 0.15) is 5.82 Å². The first-order valence-electron chi connectivity index (χ1n) is 9.04. The number of aromatic amines is 1. The molecule has 0 bridgehead atoms. The van der Waals surface area contributed by atoms with E-state index in [9.17, 15) is 9.59 Å². The molecular weight excluding hydrogens is 326 g/mol. The molecule has 0 spiro atoms. The van der Waals surface area contributed by atoms with Crippen molar-refractivity contribution in [3.05, 3.63) is 75.3 Å². The highest BCUT2D eigenvalue weighted by Crippen LogP contribution is 2.23. The number of carbonyl (C=O) groups excluding carboxylic acids is 1. The van der Waals surface area contributed by atoms with Crippen LogP contribution in [0.3, 0.4) is 0 Å². The highest BCUT2D eigenvalue weighted by molar-refractivity contribution is 5.94. The van der Waals surface area contributed by atoms with E-state index in [4.69, 9.17) is 0 Å². The van der Waals surface area contributed by atoms with E-state index in [1.54, 1.807) is 11.0 Å². The van der Waals surface area contributed by atoms with E-state index in [1.165, 1.54) is 11.1 Å². The number of para-hydroxylation sites is 1. The third-order valence-corrected chi connectivity index (χ3v) is 5.02. The molecule has 0 unspecified atom stereocenters. The van der Waals surface area contributed by atoms with Crippen LogP contribution in [-0.4, -0.2) is 27.3 Å². The smallest absolute Gasteiger partial charge is 0.258 e. The standard InChI is InChI=1S/C21H21N3O2/c1-2-24(21(26)16-11-10-14-6-5-7-15(14)12-16)13-19-22-18-9-4-3-8-17(18)20(25)23-19/h3-4,8-12H,2,5-7,13H2,1H3,(H,22,23,25). The Morgan fingerprint density at radius 1 is 1.15 bits per heavy atom. The Morgan fingerprint density at radius 3 is 2.81 bits per heavy atom. The summed E-state index contributed by atoms with van der Waals surface area (Å²) in [5, 5.41) is 0.559. The van der Waals surface area contributed by atoms with Crippen LogP contribution in [0.5, 0.6) is 0 Å². The number of rotatable bonds is 4. The minimum Gasteiger partial charge on any atom is -0.331 e. The number of amides is 1. The van der Waals surface area contributed by atoms with E-state index in [0.29, 0.717) is 28.8 Å². The third-order valence-electron chi connectivity index (χ3n) is 5.02. The maximum absolute atomic E-state index is 12.9. The monoisotopic (exact) mass is 347 g/mol. The number of H-pyrrole nitrogens is 1. The van der Waals surface area contributed by atoms with Gasteiger partial charge in [0, 0.05) is 12.1 Å². The van der Waals surface area contributed by atoms with Gasteiger partial charge in [-0.15, -0.1) is 0 Å². The average Bonchev–Trinajstić information content (AvgIpc) is 3.13. The zero-order valence-electron chi connectivity index (χ0n) is 14.8. The van der Waals surface area contributed by atoms with Gasteiger partial charge in [0.05, 0.1) is 17.4 Å². The van der Waals surface area contributed by atoms with Crippen molar-refractivity contribution in [1.29, 1.82) is 0 Å². The lowest BCUT2D eigenvalue weighted by atomic mass is 10.1. The first kappa shape index (κ1) is 16.5. The van der Waals surface area contributed by atoms with Crippen LogP contribution in [0.4, 0.5) is 0 Å². The lowest BCUT2D eigenvalue weighted by Gasteiger charge is -2.21. The van der Waals surface area contributed by atoms with Crippen LogP contribution in [0.25, 0.3) is 10.9 Å². The molecule has 0 atom stereocenters. The Hall–Kier alpha value is -2.95. The highest BCUT2D eigenvalue weighted by atomic mass is 16.2. The van der Waals surface area contributed by atoms with Crippen molar-refractivity contribution in [2.75, 3.05) is 6.54 Å². The molecule has 1 N–H and O–H groups in total. The molecule has 1 aromatic heterocycles. The number of nitrogens with zero attached hydrogens (tertiary/aromatic N) is 2. The number of nitrogens with one attached hydrogen (secondary N) is 1. The van der Waals surface area contributed by atoms with Crippen molar-refractivity contribution < 1.29 is 4.79 Å². The molecule has 26 heavy (non-hydrogen) atoms. The van der Waals surface area contributed by atoms with Gasteiger partial charge in [-0.2, -0.15) is 0 Å². The SMILES string of the molecule is CCN(Cc1nc2ccccc2c(=O)[nH]1)C(=O)c1ccc2c(c1)CCC2. The van der Waals surface area contributed by atoms with E-state index in [1.807, 2.05) is 37.3 Å². The fraction of sp³-hybridized carbons (Fsp3) is 0.286. The maximum atomic E-state index is 12.9. The number of fused-ring (bicyclic) bond motifs is 2. The summed E-state index contributed by atoms with van der Waals surface area (Å²) in [5.74, 6) is 0.475. The molecule has 1 aliphatic carbocycles. The van der Waals surface area contributed by atoms with Crippen molar-refractivity contribution >= 4 is 16.8 Å². The Bertz CT molecular complexity index is 1040. The molecule has 5 heteroatoms. The number of hydrogen-bond donors (Lipinski definition) is 1. The van der Waals surface area contributed by atoms with Crippen LogP contribution in [-0.2, 0) is 19.4 Å². The number of aromatic nitrogens is 2. The minimum absolute atomic E-state index is 0.0296. The lowest BCUT2D eigenvalue weighted by Crippen LogP contribution is -2.32. The Morgan fingerprint density at radius 2 is 1.96 bits per heavy atom. The van der Waals surface area contributed by atoms with Gasteiger partial charge in [0.15, 0.2) is 0 Å². The first-order chi connectivity index (χ1) is 12.7. The second-order valence-electron chi connectivity index (χ2n) is 6.69. The summed E-state index contributed by atoms with van der Waals surface area (Å²) in [5.41, 5.74) is 3.81. The summed E-state index contributed by atoms with van der Waals surface area (Å²) >= 11 is 0. The highest BCUT2D eigenvalue weighted by Gasteiger charge is 2.19. The molecule has 1 aliphatic rings. The predicted octanol–water partition coefficient (Wildman–Crippen LogP) is 3.07.